The first-order chi connectivity index (χ1) is 13.8. The van der Waals surface area contributed by atoms with Crippen molar-refractivity contribution in [3.63, 3.8) is 0 Å². The van der Waals surface area contributed by atoms with E-state index in [4.69, 9.17) is 11.6 Å². The summed E-state index contributed by atoms with van der Waals surface area (Å²) in [4.78, 5) is 32.5. The van der Waals surface area contributed by atoms with Crippen LogP contribution in [0.3, 0.4) is 0 Å². The fourth-order valence-corrected chi connectivity index (χ4v) is 4.74. The number of sulfonamides is 1. The first-order valence-electron chi connectivity index (χ1n) is 8.60. The van der Waals surface area contributed by atoms with Crippen molar-refractivity contribution >= 4 is 45.2 Å². The van der Waals surface area contributed by atoms with Crippen molar-refractivity contribution in [2.45, 2.75) is 22.9 Å². The maximum atomic E-state index is 12.5. The number of hydrogen-bond acceptors (Lipinski definition) is 7. The van der Waals surface area contributed by atoms with Gasteiger partial charge in [-0.1, -0.05) is 23.4 Å². The van der Waals surface area contributed by atoms with E-state index in [0.717, 1.165) is 12.8 Å². The molecule has 9 nitrogen and oxygen atoms in total. The fourth-order valence-electron chi connectivity index (χ4n) is 2.71. The SMILES string of the molecule is CSc1ncc(Cl)c(C(=O)NNC(=O)c2ccc(S(=O)(=O)N3CCCC3)cc2)n1. The Balaban J connectivity index is 1.65. The number of carbonyl (C=O) groups is 2. The highest BCUT2D eigenvalue weighted by Crippen LogP contribution is 2.21. The summed E-state index contributed by atoms with van der Waals surface area (Å²) in [6.07, 6.45) is 4.74. The van der Waals surface area contributed by atoms with E-state index in [9.17, 15) is 18.0 Å². The zero-order valence-electron chi connectivity index (χ0n) is 15.4. The van der Waals surface area contributed by atoms with Crippen molar-refractivity contribution in [1.29, 1.82) is 0 Å². The summed E-state index contributed by atoms with van der Waals surface area (Å²) in [7, 11) is -3.55. The second-order valence-corrected chi connectivity index (χ2v) is 9.22. The Hall–Kier alpha value is -2.21. The molecule has 1 aromatic heterocycles. The van der Waals surface area contributed by atoms with E-state index in [1.54, 1.807) is 6.26 Å². The fraction of sp³-hybridized carbons (Fsp3) is 0.294. The molecule has 1 fully saturated rings. The quantitative estimate of drug-likeness (QED) is 0.400. The molecule has 1 aliphatic heterocycles. The van der Waals surface area contributed by atoms with Gasteiger partial charge in [0, 0.05) is 18.7 Å². The molecule has 0 aliphatic carbocycles. The Kier molecular flexibility index (Phi) is 6.73. The number of hydrogen-bond donors (Lipinski definition) is 2. The molecule has 1 aromatic carbocycles. The van der Waals surface area contributed by atoms with E-state index in [-0.39, 0.29) is 21.2 Å². The van der Waals surface area contributed by atoms with Crippen molar-refractivity contribution in [3.05, 3.63) is 46.7 Å². The minimum Gasteiger partial charge on any atom is -0.267 e. The Morgan fingerprint density at radius 2 is 1.72 bits per heavy atom. The molecule has 29 heavy (non-hydrogen) atoms. The average Bonchev–Trinajstić information content (AvgIpc) is 3.28. The third-order valence-corrected chi connectivity index (χ3v) is 6.98. The molecule has 0 atom stereocenters. The Labute approximate surface area is 177 Å². The van der Waals surface area contributed by atoms with Gasteiger partial charge in [-0.2, -0.15) is 4.31 Å². The number of thioether (sulfide) groups is 1. The van der Waals surface area contributed by atoms with E-state index in [0.29, 0.717) is 18.2 Å². The monoisotopic (exact) mass is 455 g/mol. The summed E-state index contributed by atoms with van der Waals surface area (Å²) < 4.78 is 26.5. The number of rotatable bonds is 5. The highest BCUT2D eigenvalue weighted by molar-refractivity contribution is 7.98. The molecular formula is C17H18ClN5O4S2. The molecule has 12 heteroatoms. The number of carbonyl (C=O) groups excluding carboxylic acids is 2. The average molecular weight is 456 g/mol. The third-order valence-electron chi connectivity index (χ3n) is 4.23. The van der Waals surface area contributed by atoms with Crippen LogP contribution >= 0.6 is 23.4 Å². The van der Waals surface area contributed by atoms with Crippen molar-refractivity contribution in [3.8, 4) is 0 Å². The van der Waals surface area contributed by atoms with Gasteiger partial charge in [-0.25, -0.2) is 18.4 Å². The number of hydrazine groups is 1. The first-order valence-corrected chi connectivity index (χ1v) is 11.6. The largest absolute Gasteiger partial charge is 0.289 e. The van der Waals surface area contributed by atoms with Crippen LogP contribution in [-0.4, -0.2) is 53.9 Å². The van der Waals surface area contributed by atoms with E-state index in [1.807, 2.05) is 0 Å². The lowest BCUT2D eigenvalue weighted by molar-refractivity contribution is 0.0843. The molecule has 0 bridgehead atoms. The van der Waals surface area contributed by atoms with Gasteiger partial charge in [-0.05, 0) is 43.4 Å². The van der Waals surface area contributed by atoms with Crippen LogP contribution in [0.15, 0.2) is 40.5 Å². The van der Waals surface area contributed by atoms with E-state index < -0.39 is 21.8 Å². The number of aromatic nitrogens is 2. The second kappa shape index (κ2) is 9.08. The van der Waals surface area contributed by atoms with E-state index >= 15 is 0 Å². The molecule has 1 aliphatic rings. The number of nitrogens with one attached hydrogen (secondary N) is 2. The third kappa shape index (κ3) is 4.86. The van der Waals surface area contributed by atoms with Crippen LogP contribution < -0.4 is 10.9 Å². The van der Waals surface area contributed by atoms with E-state index in [2.05, 4.69) is 20.8 Å². The lowest BCUT2D eigenvalue weighted by atomic mass is 10.2. The van der Waals surface area contributed by atoms with Gasteiger partial charge in [0.25, 0.3) is 11.8 Å². The van der Waals surface area contributed by atoms with Gasteiger partial charge in [0.2, 0.25) is 10.0 Å². The van der Waals surface area contributed by atoms with Crippen LogP contribution in [0.1, 0.15) is 33.7 Å². The molecule has 1 saturated heterocycles. The van der Waals surface area contributed by atoms with Crippen molar-refractivity contribution in [2.75, 3.05) is 19.3 Å². The van der Waals surface area contributed by atoms with Gasteiger partial charge in [0.05, 0.1) is 16.1 Å². The van der Waals surface area contributed by atoms with Crippen LogP contribution in [0.5, 0.6) is 0 Å². The van der Waals surface area contributed by atoms with Crippen LogP contribution in [-0.2, 0) is 10.0 Å². The van der Waals surface area contributed by atoms with Gasteiger partial charge in [0.15, 0.2) is 10.9 Å². The summed E-state index contributed by atoms with van der Waals surface area (Å²) in [6.45, 7) is 1.00. The maximum absolute atomic E-state index is 12.5. The van der Waals surface area contributed by atoms with Crippen molar-refractivity contribution < 1.29 is 18.0 Å². The van der Waals surface area contributed by atoms with Gasteiger partial charge < -0.3 is 0 Å². The molecule has 2 heterocycles. The molecule has 0 unspecified atom stereocenters. The summed E-state index contributed by atoms with van der Waals surface area (Å²) in [5, 5.41) is 0.409. The first kappa shape index (κ1) is 21.5. The summed E-state index contributed by atoms with van der Waals surface area (Å²) in [5.41, 5.74) is 4.59. The number of benzene rings is 1. The molecule has 0 spiro atoms. The second-order valence-electron chi connectivity index (χ2n) is 6.10. The highest BCUT2D eigenvalue weighted by atomic mass is 35.5. The number of halogens is 1. The van der Waals surface area contributed by atoms with Crippen LogP contribution in [0, 0.1) is 0 Å². The van der Waals surface area contributed by atoms with Gasteiger partial charge in [-0.3, -0.25) is 20.4 Å². The van der Waals surface area contributed by atoms with Crippen LogP contribution in [0.25, 0.3) is 0 Å². The Morgan fingerprint density at radius 1 is 1.10 bits per heavy atom. The lowest BCUT2D eigenvalue weighted by Crippen LogP contribution is -2.42. The molecule has 2 amide bonds. The van der Waals surface area contributed by atoms with Crippen molar-refractivity contribution in [1.82, 2.24) is 25.1 Å². The molecule has 154 valence electrons. The zero-order valence-corrected chi connectivity index (χ0v) is 17.8. The normalized spacial score (nSPS) is 14.6. The summed E-state index contributed by atoms with van der Waals surface area (Å²) in [6, 6.07) is 5.51. The van der Waals surface area contributed by atoms with Crippen molar-refractivity contribution in [2.24, 2.45) is 0 Å². The van der Waals surface area contributed by atoms with E-state index in [1.165, 1.54) is 46.5 Å². The molecule has 3 rings (SSSR count). The maximum Gasteiger partial charge on any atom is 0.289 e. The lowest BCUT2D eigenvalue weighted by Gasteiger charge is -2.15. The van der Waals surface area contributed by atoms with Crippen LogP contribution in [0.4, 0.5) is 0 Å². The minimum absolute atomic E-state index is 0.0472. The molecule has 0 radical (unpaired) electrons. The molecule has 0 saturated carbocycles. The minimum atomic E-state index is -3.55. The van der Waals surface area contributed by atoms with Gasteiger partial charge >= 0.3 is 0 Å². The Bertz CT molecular complexity index is 1020. The standard InChI is InChI=1S/C17H18ClN5O4S2/c1-28-17-19-10-13(18)14(20-17)16(25)22-21-15(24)11-4-6-12(7-5-11)29(26,27)23-8-2-3-9-23/h4-7,10H,2-3,8-9H2,1H3,(H,21,24)(H,22,25). The Morgan fingerprint density at radius 3 is 2.34 bits per heavy atom. The summed E-state index contributed by atoms with van der Waals surface area (Å²) >= 11 is 7.17. The predicted octanol–water partition coefficient (Wildman–Crippen LogP) is 1.71. The smallest absolute Gasteiger partial charge is 0.267 e. The summed E-state index contributed by atoms with van der Waals surface area (Å²) in [5.74, 6) is -1.31. The number of amides is 2. The predicted molar refractivity (Wildman–Crippen MR) is 108 cm³/mol. The molecular weight excluding hydrogens is 438 g/mol. The van der Waals surface area contributed by atoms with Crippen LogP contribution in [0.2, 0.25) is 5.02 Å². The molecule has 2 N–H and O–H groups in total. The molecule has 2 aromatic rings. The highest BCUT2D eigenvalue weighted by Gasteiger charge is 2.27. The number of nitrogens with zero attached hydrogens (tertiary/aromatic N) is 3. The van der Waals surface area contributed by atoms with Gasteiger partial charge in [-0.15, -0.1) is 0 Å². The van der Waals surface area contributed by atoms with Gasteiger partial charge in [0.1, 0.15) is 0 Å². The topological polar surface area (TPSA) is 121 Å². The zero-order chi connectivity index (χ0) is 21.0.